The third-order valence-electron chi connectivity index (χ3n) is 4.13. The van der Waals surface area contributed by atoms with Crippen LogP contribution < -0.4 is 9.47 Å². The van der Waals surface area contributed by atoms with Crippen LogP contribution in [0.15, 0.2) is 24.0 Å². The molecule has 0 bridgehead atoms. The summed E-state index contributed by atoms with van der Waals surface area (Å²) in [5.74, 6) is -4.01. The van der Waals surface area contributed by atoms with Gasteiger partial charge in [0, 0.05) is 0 Å². The molecular weight excluding hydrogens is 352 g/mol. The maximum Gasteiger partial charge on any atom is 0.398 e. The Morgan fingerprint density at radius 2 is 1.85 bits per heavy atom. The molecule has 0 fully saturated rings. The molecule has 0 N–H and O–H groups in total. The van der Waals surface area contributed by atoms with Crippen molar-refractivity contribution >= 4 is 0 Å². The Labute approximate surface area is 150 Å². The third-order valence-corrected chi connectivity index (χ3v) is 4.13. The molecule has 0 saturated heterocycles. The first-order valence-electron chi connectivity index (χ1n) is 8.87. The van der Waals surface area contributed by atoms with Crippen LogP contribution in [0.4, 0.5) is 17.6 Å². The van der Waals surface area contributed by atoms with Crippen molar-refractivity contribution in [2.45, 2.75) is 64.6 Å². The molecule has 1 heterocycles. The summed E-state index contributed by atoms with van der Waals surface area (Å²) in [5.41, 5.74) is 0.763. The van der Waals surface area contributed by atoms with Gasteiger partial charge in [-0.25, -0.2) is 0 Å². The lowest BCUT2D eigenvalue weighted by atomic mass is 9.99. The summed E-state index contributed by atoms with van der Waals surface area (Å²) in [6.07, 6.45) is 0.898. The van der Waals surface area contributed by atoms with Gasteiger partial charge in [-0.3, -0.25) is 0 Å². The number of hydrogen-bond donors (Lipinski definition) is 0. The average molecular weight is 376 g/mol. The zero-order valence-corrected chi connectivity index (χ0v) is 15.0. The Morgan fingerprint density at radius 3 is 2.46 bits per heavy atom. The second-order valence-corrected chi connectivity index (χ2v) is 6.22. The van der Waals surface area contributed by atoms with Gasteiger partial charge >= 0.3 is 6.11 Å². The Morgan fingerprint density at radius 1 is 1.15 bits per heavy atom. The second-order valence-electron chi connectivity index (χ2n) is 6.22. The van der Waals surface area contributed by atoms with Gasteiger partial charge in [0.25, 0.3) is 0 Å². The maximum atomic E-state index is 14.0. The number of alkyl halides is 2. The van der Waals surface area contributed by atoms with E-state index >= 15 is 0 Å². The van der Waals surface area contributed by atoms with Crippen molar-refractivity contribution in [2.75, 3.05) is 6.61 Å². The van der Waals surface area contributed by atoms with E-state index in [1.165, 1.54) is 6.26 Å². The zero-order chi connectivity index (χ0) is 19.2. The van der Waals surface area contributed by atoms with Crippen LogP contribution in [0, 0.1) is 11.6 Å². The Hall–Kier alpha value is -1.92. The lowest BCUT2D eigenvalue weighted by Crippen LogP contribution is -2.26. The molecule has 1 aliphatic rings. The Balaban J connectivity index is 1.94. The van der Waals surface area contributed by atoms with Crippen molar-refractivity contribution in [3.05, 3.63) is 35.6 Å². The summed E-state index contributed by atoms with van der Waals surface area (Å²) < 4.78 is 70.5. The molecule has 0 amide bonds. The quantitative estimate of drug-likeness (QED) is 0.496. The number of benzene rings is 1. The van der Waals surface area contributed by atoms with Crippen LogP contribution in [0.25, 0.3) is 0 Å². The summed E-state index contributed by atoms with van der Waals surface area (Å²) in [7, 11) is 0. The van der Waals surface area contributed by atoms with Crippen molar-refractivity contribution in [1.29, 1.82) is 0 Å². The molecular formula is C19H24F4O3. The minimum atomic E-state index is -3.62. The van der Waals surface area contributed by atoms with Gasteiger partial charge in [0.15, 0.2) is 11.5 Å². The fourth-order valence-corrected chi connectivity index (χ4v) is 2.76. The van der Waals surface area contributed by atoms with Gasteiger partial charge in [0.1, 0.15) is 0 Å². The van der Waals surface area contributed by atoms with Crippen molar-refractivity contribution in [3.8, 4) is 11.5 Å². The van der Waals surface area contributed by atoms with E-state index in [2.05, 4.69) is 11.7 Å². The van der Waals surface area contributed by atoms with Gasteiger partial charge in [-0.2, -0.15) is 17.6 Å². The number of ether oxygens (including phenoxy) is 3. The third kappa shape index (κ3) is 5.54. The fraction of sp³-hybridized carbons (Fsp3) is 0.579. The molecule has 0 aliphatic carbocycles. The van der Waals surface area contributed by atoms with Crippen molar-refractivity contribution in [1.82, 2.24) is 0 Å². The van der Waals surface area contributed by atoms with Gasteiger partial charge in [-0.05, 0) is 50.3 Å². The highest BCUT2D eigenvalue weighted by Crippen LogP contribution is 2.34. The second kappa shape index (κ2) is 9.14. The van der Waals surface area contributed by atoms with Gasteiger partial charge in [-0.1, -0.05) is 13.3 Å². The normalized spacial score (nSPS) is 17.5. The summed E-state index contributed by atoms with van der Waals surface area (Å²) >= 11 is 0. The minimum Gasteiger partial charge on any atom is -0.498 e. The van der Waals surface area contributed by atoms with Crippen LogP contribution in [0.5, 0.6) is 11.5 Å². The van der Waals surface area contributed by atoms with Crippen molar-refractivity contribution in [2.24, 2.45) is 0 Å². The molecule has 1 atom stereocenters. The Bertz CT molecular complexity index is 631. The molecule has 3 nitrogen and oxygen atoms in total. The van der Waals surface area contributed by atoms with Gasteiger partial charge in [-0.15, -0.1) is 0 Å². The van der Waals surface area contributed by atoms with Crippen LogP contribution in [0.3, 0.4) is 0 Å². The number of hydrogen-bond acceptors (Lipinski definition) is 3. The molecule has 1 aromatic rings. The van der Waals surface area contributed by atoms with Crippen LogP contribution in [0.2, 0.25) is 0 Å². The number of rotatable bonds is 9. The summed E-state index contributed by atoms with van der Waals surface area (Å²) in [4.78, 5) is 0. The highest BCUT2D eigenvalue weighted by molar-refractivity contribution is 5.35. The van der Waals surface area contributed by atoms with E-state index in [1.54, 1.807) is 6.92 Å². The standard InChI is InChI=1S/C19H24F4O3/c1-3-5-14-7-6-13(12-25-14)10-11-19(22,23)26-16-9-8-15(24-4-2)17(20)18(16)21/h8-9,12,14H,3-7,10-11H2,1-2H3. The topological polar surface area (TPSA) is 27.7 Å². The van der Waals surface area contributed by atoms with Crippen molar-refractivity contribution < 1.29 is 31.8 Å². The molecule has 0 aromatic heterocycles. The predicted octanol–water partition coefficient (Wildman–Crippen LogP) is 5.98. The maximum absolute atomic E-state index is 14.0. The van der Waals surface area contributed by atoms with Crippen LogP contribution in [0.1, 0.15) is 52.4 Å². The molecule has 146 valence electrons. The first-order chi connectivity index (χ1) is 12.4. The fourth-order valence-electron chi connectivity index (χ4n) is 2.76. The molecule has 2 rings (SSSR count). The summed E-state index contributed by atoms with van der Waals surface area (Å²) in [5, 5.41) is 0. The SMILES string of the molecule is CCCC1CCC(CCC(F)(F)Oc2ccc(OCC)c(F)c2F)=CO1. The van der Waals surface area contributed by atoms with E-state index in [-0.39, 0.29) is 24.9 Å². The van der Waals surface area contributed by atoms with Gasteiger partial charge in [0.2, 0.25) is 11.6 Å². The monoisotopic (exact) mass is 376 g/mol. The van der Waals surface area contributed by atoms with E-state index in [4.69, 9.17) is 9.47 Å². The minimum absolute atomic E-state index is 0.0625. The van der Waals surface area contributed by atoms with Crippen molar-refractivity contribution in [3.63, 3.8) is 0 Å². The van der Waals surface area contributed by atoms with E-state index in [1.807, 2.05) is 0 Å². The average Bonchev–Trinajstić information content (AvgIpc) is 2.61. The molecule has 7 heteroatoms. The number of halogens is 4. The lowest BCUT2D eigenvalue weighted by Gasteiger charge is -2.24. The van der Waals surface area contributed by atoms with E-state index in [0.717, 1.165) is 37.0 Å². The van der Waals surface area contributed by atoms with Crippen LogP contribution in [-0.2, 0) is 4.74 Å². The largest absolute Gasteiger partial charge is 0.498 e. The smallest absolute Gasteiger partial charge is 0.398 e. The highest BCUT2D eigenvalue weighted by Gasteiger charge is 2.34. The Kier molecular flexibility index (Phi) is 7.17. The van der Waals surface area contributed by atoms with Crippen LogP contribution >= 0.6 is 0 Å². The number of allylic oxidation sites excluding steroid dienone is 1. The van der Waals surface area contributed by atoms with E-state index < -0.39 is 29.9 Å². The zero-order valence-electron chi connectivity index (χ0n) is 15.0. The molecule has 26 heavy (non-hydrogen) atoms. The molecule has 1 unspecified atom stereocenters. The van der Waals surface area contributed by atoms with Gasteiger partial charge in [0.05, 0.1) is 25.4 Å². The molecule has 0 spiro atoms. The highest BCUT2D eigenvalue weighted by atomic mass is 19.3. The molecule has 1 aromatic carbocycles. The van der Waals surface area contributed by atoms with E-state index in [9.17, 15) is 17.6 Å². The first kappa shape index (κ1) is 20.4. The summed E-state index contributed by atoms with van der Waals surface area (Å²) in [6.45, 7) is 3.79. The lowest BCUT2D eigenvalue weighted by molar-refractivity contribution is -0.181. The molecule has 0 saturated carbocycles. The van der Waals surface area contributed by atoms with Crippen LogP contribution in [-0.4, -0.2) is 18.8 Å². The first-order valence-corrected chi connectivity index (χ1v) is 8.87. The molecule has 1 aliphatic heterocycles. The molecule has 0 radical (unpaired) electrons. The van der Waals surface area contributed by atoms with Gasteiger partial charge < -0.3 is 14.2 Å². The predicted molar refractivity (Wildman–Crippen MR) is 89.4 cm³/mol. The van der Waals surface area contributed by atoms with E-state index in [0.29, 0.717) is 6.42 Å². The summed E-state index contributed by atoms with van der Waals surface area (Å²) in [6, 6.07) is 2.01.